The Bertz CT molecular complexity index is 458. The lowest BCUT2D eigenvalue weighted by Crippen LogP contribution is -2.64. The second-order valence-corrected chi connectivity index (χ2v) is 4.36. The summed E-state index contributed by atoms with van der Waals surface area (Å²) in [6.45, 7) is 1.26. The van der Waals surface area contributed by atoms with E-state index in [4.69, 9.17) is 26.3 Å². The molecule has 1 saturated heterocycles. The van der Waals surface area contributed by atoms with Crippen LogP contribution in [0.4, 0.5) is 5.69 Å². The van der Waals surface area contributed by atoms with Gasteiger partial charge >= 0.3 is 0 Å². The third kappa shape index (κ3) is 2.09. The van der Waals surface area contributed by atoms with Crippen molar-refractivity contribution < 1.29 is 9.47 Å². The van der Waals surface area contributed by atoms with E-state index in [9.17, 15) is 0 Å². The lowest BCUT2D eigenvalue weighted by Gasteiger charge is -2.48. The monoisotopic (exact) mass is 252 g/mol. The first-order valence-electron chi connectivity index (χ1n) is 5.19. The van der Waals surface area contributed by atoms with Gasteiger partial charge in [0.05, 0.1) is 35.4 Å². The summed E-state index contributed by atoms with van der Waals surface area (Å²) in [5.74, 6) is -0.531. The summed E-state index contributed by atoms with van der Waals surface area (Å²) >= 11 is 6.12. The van der Waals surface area contributed by atoms with Gasteiger partial charge in [-0.15, -0.1) is 0 Å². The van der Waals surface area contributed by atoms with Gasteiger partial charge in [-0.2, -0.15) is 5.26 Å². The summed E-state index contributed by atoms with van der Waals surface area (Å²) in [5.41, 5.74) is 1.46. The molecule has 0 unspecified atom stereocenters. The summed E-state index contributed by atoms with van der Waals surface area (Å²) in [6, 6.07) is 7.31. The van der Waals surface area contributed by atoms with Crippen molar-refractivity contribution in [2.45, 2.75) is 5.79 Å². The number of methoxy groups -OCH3 is 2. The maximum atomic E-state index is 8.76. The fourth-order valence-electron chi connectivity index (χ4n) is 1.88. The highest BCUT2D eigenvalue weighted by molar-refractivity contribution is 6.33. The molecule has 1 aliphatic heterocycles. The maximum Gasteiger partial charge on any atom is 0.203 e. The van der Waals surface area contributed by atoms with Crippen molar-refractivity contribution in [3.05, 3.63) is 28.8 Å². The number of benzene rings is 1. The number of ether oxygens (including phenoxy) is 2. The minimum atomic E-state index is -0.531. The molecular weight excluding hydrogens is 240 g/mol. The van der Waals surface area contributed by atoms with E-state index in [0.717, 1.165) is 5.69 Å². The van der Waals surface area contributed by atoms with E-state index in [-0.39, 0.29) is 0 Å². The van der Waals surface area contributed by atoms with Crippen LogP contribution in [0.3, 0.4) is 0 Å². The molecule has 0 saturated carbocycles. The smallest absolute Gasteiger partial charge is 0.203 e. The van der Waals surface area contributed by atoms with Crippen molar-refractivity contribution in [2.24, 2.45) is 0 Å². The van der Waals surface area contributed by atoms with Gasteiger partial charge < -0.3 is 14.4 Å². The summed E-state index contributed by atoms with van der Waals surface area (Å²) in [4.78, 5) is 2.05. The van der Waals surface area contributed by atoms with Crippen LogP contribution < -0.4 is 4.90 Å². The molecule has 0 amide bonds. The van der Waals surface area contributed by atoms with E-state index in [0.29, 0.717) is 23.7 Å². The van der Waals surface area contributed by atoms with Crippen molar-refractivity contribution in [3.8, 4) is 6.07 Å². The normalized spacial score (nSPS) is 17.4. The molecule has 1 aromatic carbocycles. The number of hydrogen-bond donors (Lipinski definition) is 0. The van der Waals surface area contributed by atoms with Crippen molar-refractivity contribution >= 4 is 17.3 Å². The van der Waals surface area contributed by atoms with Crippen LogP contribution in [0.25, 0.3) is 0 Å². The van der Waals surface area contributed by atoms with E-state index in [2.05, 4.69) is 11.0 Å². The van der Waals surface area contributed by atoms with Gasteiger partial charge in [0.1, 0.15) is 0 Å². The summed E-state index contributed by atoms with van der Waals surface area (Å²) in [6.07, 6.45) is 0. The second-order valence-electron chi connectivity index (χ2n) is 3.95. The molecule has 5 heteroatoms. The van der Waals surface area contributed by atoms with E-state index in [1.54, 1.807) is 26.4 Å². The third-order valence-corrected chi connectivity index (χ3v) is 3.33. The molecule has 0 bridgehead atoms. The van der Waals surface area contributed by atoms with Crippen LogP contribution in [0, 0.1) is 11.3 Å². The quantitative estimate of drug-likeness (QED) is 0.772. The Morgan fingerprint density at radius 3 is 2.47 bits per heavy atom. The average molecular weight is 253 g/mol. The number of nitrogens with zero attached hydrogens (tertiary/aromatic N) is 2. The standard InChI is InChI=1S/C12H13ClN2O2/c1-16-12(17-2)7-15(8-12)11-4-3-9(6-14)5-10(11)13/h3-5H,7-8H2,1-2H3. The Morgan fingerprint density at radius 2 is 2.00 bits per heavy atom. The van der Waals surface area contributed by atoms with Gasteiger partial charge in [0.2, 0.25) is 5.79 Å². The average Bonchev–Trinajstić information content (AvgIpc) is 2.30. The van der Waals surface area contributed by atoms with E-state index in [1.807, 2.05) is 6.07 Å². The van der Waals surface area contributed by atoms with Crippen molar-refractivity contribution in [1.29, 1.82) is 5.26 Å². The lowest BCUT2D eigenvalue weighted by atomic mass is 10.1. The van der Waals surface area contributed by atoms with Crippen LogP contribution >= 0.6 is 11.6 Å². The Morgan fingerprint density at radius 1 is 1.35 bits per heavy atom. The molecule has 0 aliphatic carbocycles. The number of nitriles is 1. The minimum Gasteiger partial charge on any atom is -0.359 e. The van der Waals surface area contributed by atoms with Crippen molar-refractivity contribution in [3.63, 3.8) is 0 Å². The number of anilines is 1. The summed E-state index contributed by atoms with van der Waals surface area (Å²) in [5, 5.41) is 9.33. The topological polar surface area (TPSA) is 45.5 Å². The van der Waals surface area contributed by atoms with Crippen LogP contribution in [0.15, 0.2) is 18.2 Å². The molecule has 17 heavy (non-hydrogen) atoms. The molecule has 0 spiro atoms. The van der Waals surface area contributed by atoms with Gasteiger partial charge in [-0.25, -0.2) is 0 Å². The highest BCUT2D eigenvalue weighted by atomic mass is 35.5. The predicted molar refractivity (Wildman–Crippen MR) is 65.1 cm³/mol. The SMILES string of the molecule is COC1(OC)CN(c2ccc(C#N)cc2Cl)C1. The van der Waals surface area contributed by atoms with Gasteiger partial charge in [-0.1, -0.05) is 11.6 Å². The number of halogens is 1. The van der Waals surface area contributed by atoms with Gasteiger partial charge in [-0.3, -0.25) is 0 Å². The van der Waals surface area contributed by atoms with E-state index < -0.39 is 5.79 Å². The van der Waals surface area contributed by atoms with Crippen LogP contribution in [0.2, 0.25) is 5.02 Å². The number of rotatable bonds is 3. The Balaban J connectivity index is 2.14. The highest BCUT2D eigenvalue weighted by Gasteiger charge is 2.44. The molecule has 90 valence electrons. The largest absolute Gasteiger partial charge is 0.359 e. The van der Waals surface area contributed by atoms with Crippen LogP contribution in [0.5, 0.6) is 0 Å². The number of hydrogen-bond acceptors (Lipinski definition) is 4. The van der Waals surface area contributed by atoms with Crippen LogP contribution in [-0.4, -0.2) is 33.1 Å². The molecule has 0 atom stereocenters. The lowest BCUT2D eigenvalue weighted by molar-refractivity contribution is -0.219. The Hall–Kier alpha value is -1.28. The zero-order valence-corrected chi connectivity index (χ0v) is 10.5. The Kier molecular flexibility index (Phi) is 3.25. The molecule has 1 heterocycles. The highest BCUT2D eigenvalue weighted by Crippen LogP contribution is 2.35. The molecular formula is C12H13ClN2O2. The molecule has 0 N–H and O–H groups in total. The molecule has 1 aromatic rings. The fraction of sp³-hybridized carbons (Fsp3) is 0.417. The predicted octanol–water partition coefficient (Wildman–Crippen LogP) is 2.02. The van der Waals surface area contributed by atoms with E-state index in [1.165, 1.54) is 0 Å². The third-order valence-electron chi connectivity index (χ3n) is 3.03. The maximum absolute atomic E-state index is 8.76. The van der Waals surface area contributed by atoms with Gasteiger partial charge in [-0.05, 0) is 18.2 Å². The fourth-order valence-corrected chi connectivity index (χ4v) is 2.18. The molecule has 1 fully saturated rings. The van der Waals surface area contributed by atoms with Gasteiger partial charge in [0.25, 0.3) is 0 Å². The zero-order chi connectivity index (χ0) is 12.5. The van der Waals surface area contributed by atoms with Crippen LogP contribution in [-0.2, 0) is 9.47 Å². The summed E-state index contributed by atoms with van der Waals surface area (Å²) in [7, 11) is 3.25. The molecule has 0 radical (unpaired) electrons. The molecule has 4 nitrogen and oxygen atoms in total. The molecule has 1 aliphatic rings. The van der Waals surface area contributed by atoms with Crippen molar-refractivity contribution in [1.82, 2.24) is 0 Å². The first kappa shape index (κ1) is 12.2. The first-order valence-corrected chi connectivity index (χ1v) is 5.57. The first-order chi connectivity index (χ1) is 8.14. The minimum absolute atomic E-state index is 0.531. The second kappa shape index (κ2) is 4.53. The zero-order valence-electron chi connectivity index (χ0n) is 9.74. The molecule has 2 rings (SSSR count). The summed E-state index contributed by atoms with van der Waals surface area (Å²) < 4.78 is 10.6. The van der Waals surface area contributed by atoms with E-state index >= 15 is 0 Å². The van der Waals surface area contributed by atoms with Crippen molar-refractivity contribution in [2.75, 3.05) is 32.2 Å². The van der Waals surface area contributed by atoms with Gasteiger partial charge in [0.15, 0.2) is 0 Å². The van der Waals surface area contributed by atoms with Gasteiger partial charge in [0, 0.05) is 14.2 Å². The molecule has 0 aromatic heterocycles. The Labute approximate surface area is 105 Å². The van der Waals surface area contributed by atoms with Crippen LogP contribution in [0.1, 0.15) is 5.56 Å².